The van der Waals surface area contributed by atoms with E-state index in [2.05, 4.69) is 15.7 Å². The number of carbonyl (C=O) groups excluding carboxylic acids is 2. The van der Waals surface area contributed by atoms with Crippen LogP contribution in [-0.4, -0.2) is 47.6 Å². The lowest BCUT2D eigenvalue weighted by molar-refractivity contribution is -0.132. The van der Waals surface area contributed by atoms with E-state index in [0.29, 0.717) is 18.9 Å². The second kappa shape index (κ2) is 6.07. The first-order valence-electron chi connectivity index (χ1n) is 8.80. The number of pyridine rings is 1. The van der Waals surface area contributed by atoms with Gasteiger partial charge in [0.2, 0.25) is 5.91 Å². The van der Waals surface area contributed by atoms with Crippen LogP contribution in [0.1, 0.15) is 18.7 Å². The molecule has 3 heterocycles. The molecule has 0 bridgehead atoms. The molecule has 1 saturated carbocycles. The standard InChI is InChI=1S/C18H23N5O3/c1-10(13-5-3-4-6-21-13)23-18(17(19)25,7-14(22-23)16(24)20-2)15-11-8-26-9-12(11)15/h3-7,10-12,15,22H,8-9H2,1-2H3,(H2,19,25)(H,20,24)/t10-,11-,12+,15?,18?/m0/s1. The molecule has 1 aromatic heterocycles. The van der Waals surface area contributed by atoms with Crippen molar-refractivity contribution >= 4 is 11.8 Å². The Hall–Kier alpha value is -2.45. The van der Waals surface area contributed by atoms with Crippen molar-refractivity contribution in [2.45, 2.75) is 18.5 Å². The van der Waals surface area contributed by atoms with E-state index < -0.39 is 11.4 Å². The first-order valence-corrected chi connectivity index (χ1v) is 8.80. The Morgan fingerprint density at radius 1 is 1.42 bits per heavy atom. The number of nitrogens with two attached hydrogens (primary N) is 1. The molecule has 2 amide bonds. The highest BCUT2D eigenvalue weighted by Gasteiger charge is 2.69. The van der Waals surface area contributed by atoms with E-state index in [9.17, 15) is 9.59 Å². The number of nitrogens with zero attached hydrogens (tertiary/aromatic N) is 2. The molecule has 0 radical (unpaired) electrons. The Labute approximate surface area is 151 Å². The smallest absolute Gasteiger partial charge is 0.268 e. The Morgan fingerprint density at radius 2 is 2.15 bits per heavy atom. The number of hydrazine groups is 1. The highest BCUT2D eigenvalue weighted by atomic mass is 16.5. The minimum absolute atomic E-state index is 0.0227. The van der Waals surface area contributed by atoms with E-state index in [4.69, 9.17) is 10.5 Å². The lowest BCUT2D eigenvalue weighted by Crippen LogP contribution is -2.60. The van der Waals surface area contributed by atoms with Crippen molar-refractivity contribution in [3.63, 3.8) is 0 Å². The van der Waals surface area contributed by atoms with Gasteiger partial charge < -0.3 is 21.2 Å². The maximum Gasteiger partial charge on any atom is 0.268 e. The average molecular weight is 357 g/mol. The number of primary amides is 1. The fraction of sp³-hybridized carbons (Fsp3) is 0.500. The van der Waals surface area contributed by atoms with E-state index in [1.54, 1.807) is 24.3 Å². The second-order valence-corrected chi connectivity index (χ2v) is 7.13. The minimum atomic E-state index is -1.09. The molecule has 2 fully saturated rings. The van der Waals surface area contributed by atoms with Gasteiger partial charge in [-0.3, -0.25) is 14.6 Å². The molecule has 3 aliphatic rings. The van der Waals surface area contributed by atoms with Crippen molar-refractivity contribution in [3.05, 3.63) is 41.9 Å². The monoisotopic (exact) mass is 357 g/mol. The molecule has 2 unspecified atom stereocenters. The maximum atomic E-state index is 12.7. The Morgan fingerprint density at radius 3 is 2.73 bits per heavy atom. The van der Waals surface area contributed by atoms with Gasteiger partial charge in [-0.05, 0) is 37.0 Å². The molecule has 1 saturated heterocycles. The molecule has 26 heavy (non-hydrogen) atoms. The van der Waals surface area contributed by atoms with Crippen LogP contribution in [0.3, 0.4) is 0 Å². The molecular formula is C18H23N5O3. The van der Waals surface area contributed by atoms with Crippen molar-refractivity contribution in [3.8, 4) is 0 Å². The number of carbonyl (C=O) groups is 2. The average Bonchev–Trinajstić information content (AvgIpc) is 3.03. The van der Waals surface area contributed by atoms with Gasteiger partial charge in [0.05, 0.1) is 24.9 Å². The number of ether oxygens (including phenoxy) is 1. The van der Waals surface area contributed by atoms with E-state index in [0.717, 1.165) is 5.69 Å². The van der Waals surface area contributed by atoms with Crippen LogP contribution in [0.15, 0.2) is 36.2 Å². The van der Waals surface area contributed by atoms with Crippen molar-refractivity contribution in [2.75, 3.05) is 20.3 Å². The summed E-state index contributed by atoms with van der Waals surface area (Å²) in [5.41, 5.74) is 9.09. The number of aromatic nitrogens is 1. The van der Waals surface area contributed by atoms with Gasteiger partial charge in [-0.25, -0.2) is 0 Å². The van der Waals surface area contributed by atoms with Gasteiger partial charge >= 0.3 is 0 Å². The molecule has 4 rings (SSSR count). The molecule has 1 aromatic rings. The van der Waals surface area contributed by atoms with Crippen molar-refractivity contribution in [1.29, 1.82) is 0 Å². The molecule has 8 nitrogen and oxygen atoms in total. The van der Waals surface area contributed by atoms with E-state index in [-0.39, 0.29) is 29.7 Å². The molecule has 2 aliphatic heterocycles. The van der Waals surface area contributed by atoms with Crippen molar-refractivity contribution < 1.29 is 14.3 Å². The van der Waals surface area contributed by atoms with Crippen molar-refractivity contribution in [1.82, 2.24) is 20.7 Å². The summed E-state index contributed by atoms with van der Waals surface area (Å²) in [5, 5.41) is 4.40. The molecule has 138 valence electrons. The fourth-order valence-electron chi connectivity index (χ4n) is 4.47. The summed E-state index contributed by atoms with van der Waals surface area (Å²) in [4.78, 5) is 29.4. The summed E-state index contributed by atoms with van der Waals surface area (Å²) in [6.45, 7) is 3.20. The van der Waals surface area contributed by atoms with Crippen LogP contribution in [0.4, 0.5) is 0 Å². The first kappa shape index (κ1) is 17.0. The quantitative estimate of drug-likeness (QED) is 0.668. The lowest BCUT2D eigenvalue weighted by Gasteiger charge is -2.39. The van der Waals surface area contributed by atoms with E-state index >= 15 is 0 Å². The summed E-state index contributed by atoms with van der Waals surface area (Å²) < 4.78 is 5.49. The predicted octanol–water partition coefficient (Wildman–Crippen LogP) is -0.291. The summed E-state index contributed by atoms with van der Waals surface area (Å²) in [5.74, 6) is -0.167. The van der Waals surface area contributed by atoms with Crippen LogP contribution >= 0.6 is 0 Å². The van der Waals surface area contributed by atoms with Crippen LogP contribution in [0.25, 0.3) is 0 Å². The minimum Gasteiger partial charge on any atom is -0.381 e. The molecule has 1 aliphatic carbocycles. The number of amides is 2. The molecule has 8 heteroatoms. The number of rotatable bonds is 5. The largest absolute Gasteiger partial charge is 0.381 e. The van der Waals surface area contributed by atoms with Gasteiger partial charge in [0.15, 0.2) is 0 Å². The molecule has 4 N–H and O–H groups in total. The normalized spacial score (nSPS) is 33.8. The van der Waals surface area contributed by atoms with Gasteiger partial charge in [-0.2, -0.15) is 5.01 Å². The zero-order valence-corrected chi connectivity index (χ0v) is 14.8. The highest BCUT2D eigenvalue weighted by Crippen LogP contribution is 2.60. The topological polar surface area (TPSA) is 110 Å². The number of hydrogen-bond acceptors (Lipinski definition) is 6. The van der Waals surface area contributed by atoms with Crippen LogP contribution in [0, 0.1) is 17.8 Å². The van der Waals surface area contributed by atoms with Gasteiger partial charge in [0, 0.05) is 19.2 Å². The number of fused-ring (bicyclic) bond motifs is 1. The lowest BCUT2D eigenvalue weighted by atomic mass is 9.87. The van der Waals surface area contributed by atoms with E-state index in [1.807, 2.05) is 25.1 Å². The maximum absolute atomic E-state index is 12.7. The SMILES string of the molecule is CNC(=O)C1=CC(C(N)=O)(C2[C@H]3COC[C@@H]23)N([C@@H](C)c2ccccn2)N1. The first-order chi connectivity index (χ1) is 12.5. The Balaban J connectivity index is 1.76. The Bertz CT molecular complexity index is 757. The van der Waals surface area contributed by atoms with Crippen LogP contribution in [0.5, 0.6) is 0 Å². The molecule has 0 spiro atoms. The third-order valence-electron chi connectivity index (χ3n) is 5.83. The van der Waals surface area contributed by atoms with Crippen molar-refractivity contribution in [2.24, 2.45) is 23.5 Å². The zero-order valence-electron chi connectivity index (χ0n) is 14.8. The fourth-order valence-corrected chi connectivity index (χ4v) is 4.47. The number of hydrogen-bond donors (Lipinski definition) is 3. The third-order valence-corrected chi connectivity index (χ3v) is 5.83. The van der Waals surface area contributed by atoms with E-state index in [1.165, 1.54) is 0 Å². The highest BCUT2D eigenvalue weighted by molar-refractivity contribution is 5.97. The molecule has 5 atom stereocenters. The summed E-state index contributed by atoms with van der Waals surface area (Å²) in [6, 6.07) is 5.37. The van der Waals surface area contributed by atoms with Gasteiger partial charge in [0.25, 0.3) is 5.91 Å². The van der Waals surface area contributed by atoms with Crippen LogP contribution in [0.2, 0.25) is 0 Å². The number of nitrogens with one attached hydrogen (secondary N) is 2. The van der Waals surface area contributed by atoms with Gasteiger partial charge in [-0.1, -0.05) is 6.07 Å². The second-order valence-electron chi connectivity index (χ2n) is 7.13. The van der Waals surface area contributed by atoms with Gasteiger partial charge in [0.1, 0.15) is 11.2 Å². The molecular weight excluding hydrogens is 334 g/mol. The Kier molecular flexibility index (Phi) is 3.96. The number of likely N-dealkylation sites (N-methyl/N-ethyl adjacent to an activating group) is 1. The van der Waals surface area contributed by atoms with Crippen LogP contribution < -0.4 is 16.5 Å². The van der Waals surface area contributed by atoms with Gasteiger partial charge in [-0.15, -0.1) is 0 Å². The zero-order chi connectivity index (χ0) is 18.5. The predicted molar refractivity (Wildman–Crippen MR) is 93.0 cm³/mol. The summed E-state index contributed by atoms with van der Waals surface area (Å²) in [6.07, 6.45) is 3.40. The molecule has 0 aromatic carbocycles. The third kappa shape index (κ3) is 2.33. The summed E-state index contributed by atoms with van der Waals surface area (Å²) >= 11 is 0. The van der Waals surface area contributed by atoms with Crippen LogP contribution in [-0.2, 0) is 14.3 Å². The summed E-state index contributed by atoms with van der Waals surface area (Å²) in [7, 11) is 1.56.